The van der Waals surface area contributed by atoms with Crippen LogP contribution in [-0.4, -0.2) is 76.3 Å². The summed E-state index contributed by atoms with van der Waals surface area (Å²) in [4.78, 5) is 40.7. The number of hydrogen-bond acceptors (Lipinski definition) is 13. The van der Waals surface area contributed by atoms with Crippen molar-refractivity contribution in [1.82, 2.24) is 24.8 Å². The molecule has 0 aliphatic carbocycles. The number of piperidine rings is 2. The van der Waals surface area contributed by atoms with E-state index >= 15 is 0 Å². The zero-order valence-electron chi connectivity index (χ0n) is 32.9. The number of hydrogen-bond donors (Lipinski definition) is 0. The minimum atomic E-state index is -0.570. The van der Waals surface area contributed by atoms with Crippen molar-refractivity contribution in [1.29, 1.82) is 5.26 Å². The Morgan fingerprint density at radius 3 is 1.93 bits per heavy atom. The molecule has 2 amide bonds. The molecule has 16 heteroatoms. The summed E-state index contributed by atoms with van der Waals surface area (Å²) in [5.74, 6) is 2.16. The molecule has 2 aliphatic heterocycles. The first-order chi connectivity index (χ1) is 29.4. The maximum atomic E-state index is 13.5. The Morgan fingerprint density at radius 1 is 0.783 bits per heavy atom. The topological polar surface area (TPSA) is 153 Å². The number of halogens is 1. The molecule has 312 valence electrons. The van der Waals surface area contributed by atoms with Gasteiger partial charge in [0, 0.05) is 43.0 Å². The molecule has 0 spiro atoms. The third-order valence-corrected chi connectivity index (χ3v) is 11.7. The minimum absolute atomic E-state index is 0.0105. The predicted molar refractivity (Wildman–Crippen MR) is 224 cm³/mol. The monoisotopic (exact) mass is 852 g/mol. The van der Waals surface area contributed by atoms with E-state index in [-0.39, 0.29) is 31.0 Å². The molecule has 0 bridgehead atoms. The van der Waals surface area contributed by atoms with E-state index in [1.54, 1.807) is 33.0 Å². The molecule has 3 aromatic heterocycles. The lowest BCUT2D eigenvalue weighted by molar-refractivity contribution is 0.0785. The first kappa shape index (κ1) is 42.1. The third kappa shape index (κ3) is 11.8. The van der Waals surface area contributed by atoms with E-state index in [9.17, 15) is 14.0 Å². The number of para-hydroxylation sites is 3. The number of carbonyl (C=O) groups is 2. The molecule has 8 rings (SSSR count). The van der Waals surface area contributed by atoms with Crippen LogP contribution in [0.4, 0.5) is 14.0 Å². The number of nitriles is 1. The van der Waals surface area contributed by atoms with Gasteiger partial charge in [-0.15, -0.1) is 22.7 Å². The van der Waals surface area contributed by atoms with Crippen LogP contribution in [0.25, 0.3) is 22.6 Å². The van der Waals surface area contributed by atoms with Gasteiger partial charge in [0.2, 0.25) is 5.89 Å². The summed E-state index contributed by atoms with van der Waals surface area (Å²) in [5.41, 5.74) is 7.46. The Kier molecular flexibility index (Phi) is 14.9. The van der Waals surface area contributed by atoms with Crippen LogP contribution in [0.3, 0.4) is 0 Å². The predicted octanol–water partition coefficient (Wildman–Crippen LogP) is 9.74. The lowest BCUT2D eigenvalue weighted by Gasteiger charge is -2.31. The highest BCUT2D eigenvalue weighted by atomic mass is 32.1. The first-order valence-corrected chi connectivity index (χ1v) is 21.8. The van der Waals surface area contributed by atoms with Crippen LogP contribution in [0, 0.1) is 29.0 Å². The van der Waals surface area contributed by atoms with Crippen LogP contribution in [0.1, 0.15) is 55.5 Å². The molecule has 6 aromatic rings. The Hall–Kier alpha value is -6.05. The summed E-state index contributed by atoms with van der Waals surface area (Å²) in [6.07, 6.45) is 4.88. The van der Waals surface area contributed by atoms with Gasteiger partial charge in [0.05, 0.1) is 46.7 Å². The Morgan fingerprint density at radius 2 is 1.37 bits per heavy atom. The van der Waals surface area contributed by atoms with E-state index < -0.39 is 5.82 Å². The minimum Gasteiger partial charge on any atom is -0.493 e. The number of thiazole rings is 2. The molecule has 0 saturated carbocycles. The lowest BCUT2D eigenvalue weighted by Crippen LogP contribution is -2.39. The van der Waals surface area contributed by atoms with E-state index in [2.05, 4.69) is 15.0 Å². The number of amides is 2. The molecule has 2 saturated heterocycles. The number of rotatable bonds is 13. The summed E-state index contributed by atoms with van der Waals surface area (Å²) in [7, 11) is 0. The van der Waals surface area contributed by atoms with E-state index in [0.29, 0.717) is 62.9 Å². The molecule has 2 fully saturated rings. The van der Waals surface area contributed by atoms with Crippen LogP contribution in [0.5, 0.6) is 11.5 Å². The van der Waals surface area contributed by atoms with Crippen molar-refractivity contribution in [2.45, 2.75) is 51.7 Å². The molecular weight excluding hydrogens is 808 g/mol. The summed E-state index contributed by atoms with van der Waals surface area (Å²) < 4.78 is 41.8. The zero-order chi connectivity index (χ0) is 41.5. The fourth-order valence-corrected chi connectivity index (χ4v) is 8.08. The van der Waals surface area contributed by atoms with E-state index in [4.69, 9.17) is 28.6 Å². The Balaban J connectivity index is 0.000000186. The fraction of sp³-hybridized carbons (Fsp3) is 0.364. The smallest absolute Gasteiger partial charge is 0.410 e. The van der Waals surface area contributed by atoms with Crippen LogP contribution in [0.2, 0.25) is 0 Å². The highest BCUT2D eigenvalue weighted by Gasteiger charge is 2.25. The van der Waals surface area contributed by atoms with Gasteiger partial charge >= 0.3 is 12.2 Å². The van der Waals surface area contributed by atoms with Gasteiger partial charge in [-0.05, 0) is 86.8 Å². The van der Waals surface area contributed by atoms with Crippen LogP contribution >= 0.6 is 22.7 Å². The zero-order valence-corrected chi connectivity index (χ0v) is 34.6. The molecule has 60 heavy (non-hydrogen) atoms. The Bertz CT molecular complexity index is 2290. The third-order valence-electron chi connectivity index (χ3n) is 10.5. The summed E-state index contributed by atoms with van der Waals surface area (Å²) in [5, 5.41) is 12.5. The van der Waals surface area contributed by atoms with Crippen LogP contribution < -0.4 is 9.47 Å². The average Bonchev–Trinajstić information content (AvgIpc) is 4.09. The highest BCUT2D eigenvalue weighted by Crippen LogP contribution is 2.32. The molecule has 0 atom stereocenters. The van der Waals surface area contributed by atoms with Crippen molar-refractivity contribution in [3.05, 3.63) is 111 Å². The second-order valence-corrected chi connectivity index (χ2v) is 15.9. The maximum Gasteiger partial charge on any atom is 0.410 e. The van der Waals surface area contributed by atoms with Gasteiger partial charge in [0.15, 0.2) is 5.58 Å². The highest BCUT2D eigenvalue weighted by molar-refractivity contribution is 7.07. The molecule has 0 N–H and O–H groups in total. The quantitative estimate of drug-likeness (QED) is 0.109. The normalized spacial score (nSPS) is 14.5. The molecule has 2 aliphatic rings. The largest absolute Gasteiger partial charge is 0.493 e. The van der Waals surface area contributed by atoms with Crippen LogP contribution in [0.15, 0.2) is 92.9 Å². The van der Waals surface area contributed by atoms with Crippen molar-refractivity contribution >= 4 is 46.0 Å². The molecule has 0 unspecified atom stereocenters. The standard InChI is InChI=1S/C25H25N3O4S.C19H20FN3O3S/c29-25(31-15-19-16-33-17-26-19)28-12-9-18(10-13-28)11-14-30-22-7-3-1-5-20(22)24-27-21-6-2-4-8-23(21)32-24;20-18-9-17(2-1-15(18)10-21)25-8-5-14-3-6-23(7-4-14)19(24)26-11-16-12-27-13-22-16/h1-8,16-18H,9-15H2;1-2,9,12-14H,3-8,11H2. The van der Waals surface area contributed by atoms with Gasteiger partial charge in [0.1, 0.15) is 42.1 Å². The number of likely N-dealkylation sites (tertiary alicyclic amines) is 2. The van der Waals surface area contributed by atoms with E-state index in [0.717, 1.165) is 72.3 Å². The number of fused-ring (bicyclic) bond motifs is 1. The van der Waals surface area contributed by atoms with Gasteiger partial charge in [-0.25, -0.2) is 28.9 Å². The maximum absolute atomic E-state index is 13.5. The van der Waals surface area contributed by atoms with Gasteiger partial charge < -0.3 is 33.2 Å². The average molecular weight is 853 g/mol. The van der Waals surface area contributed by atoms with Crippen molar-refractivity contribution in [3.63, 3.8) is 0 Å². The van der Waals surface area contributed by atoms with Gasteiger partial charge in [-0.1, -0.05) is 24.3 Å². The number of aromatic nitrogens is 3. The molecule has 3 aromatic carbocycles. The second-order valence-electron chi connectivity index (χ2n) is 14.4. The van der Waals surface area contributed by atoms with Gasteiger partial charge in [0.25, 0.3) is 0 Å². The first-order valence-electron chi connectivity index (χ1n) is 19.9. The number of ether oxygens (including phenoxy) is 4. The summed E-state index contributed by atoms with van der Waals surface area (Å²) in [6.45, 7) is 4.26. The Labute approximate surface area is 355 Å². The van der Waals surface area contributed by atoms with Gasteiger partial charge in [-0.3, -0.25) is 0 Å². The number of carbonyl (C=O) groups excluding carboxylic acids is 2. The SMILES string of the molecule is N#Cc1ccc(OCCC2CCN(C(=O)OCc3cscn3)CC2)cc1F.O=C(OCc1cscn1)N1CCC(CCOc2ccccc2-c2nc3ccccc3o2)CC1. The molecular formula is C44H45FN6O7S2. The fourth-order valence-electron chi connectivity index (χ4n) is 6.99. The van der Waals surface area contributed by atoms with Crippen LogP contribution in [-0.2, 0) is 22.7 Å². The summed E-state index contributed by atoms with van der Waals surface area (Å²) in [6, 6.07) is 21.6. The van der Waals surface area contributed by atoms with E-state index in [1.165, 1.54) is 34.8 Å². The van der Waals surface area contributed by atoms with Crippen molar-refractivity contribution in [2.24, 2.45) is 11.8 Å². The number of benzene rings is 3. The molecule has 5 heterocycles. The molecule has 13 nitrogen and oxygen atoms in total. The molecule has 0 radical (unpaired) electrons. The van der Waals surface area contributed by atoms with Crippen molar-refractivity contribution < 1.29 is 37.3 Å². The van der Waals surface area contributed by atoms with Crippen molar-refractivity contribution in [2.75, 3.05) is 39.4 Å². The number of nitrogens with zero attached hydrogens (tertiary/aromatic N) is 6. The van der Waals surface area contributed by atoms with Crippen molar-refractivity contribution in [3.8, 4) is 29.0 Å². The van der Waals surface area contributed by atoms with E-state index in [1.807, 2.05) is 59.3 Å². The van der Waals surface area contributed by atoms with Gasteiger partial charge in [-0.2, -0.15) is 5.26 Å². The second kappa shape index (κ2) is 21.3. The summed E-state index contributed by atoms with van der Waals surface area (Å²) >= 11 is 2.97. The lowest BCUT2D eigenvalue weighted by atomic mass is 9.94. The number of oxazole rings is 1.